The highest BCUT2D eigenvalue weighted by Gasteiger charge is 2.23. The number of benzene rings is 1. The van der Waals surface area contributed by atoms with Crippen molar-refractivity contribution < 1.29 is 19.2 Å². The Bertz CT molecular complexity index is 1160. The summed E-state index contributed by atoms with van der Waals surface area (Å²) in [5.41, 5.74) is 1.29. The second kappa shape index (κ2) is 8.65. The van der Waals surface area contributed by atoms with Crippen LogP contribution in [-0.2, 0) is 13.6 Å². The van der Waals surface area contributed by atoms with Crippen LogP contribution in [0, 0.1) is 17.0 Å². The highest BCUT2D eigenvalue weighted by atomic mass is 16.6. The molecule has 1 aromatic carbocycles. The fourth-order valence-corrected chi connectivity index (χ4v) is 2.93. The van der Waals surface area contributed by atoms with E-state index in [0.717, 1.165) is 11.8 Å². The van der Waals surface area contributed by atoms with Gasteiger partial charge in [-0.05, 0) is 26.0 Å². The van der Waals surface area contributed by atoms with Gasteiger partial charge < -0.3 is 15.4 Å². The van der Waals surface area contributed by atoms with Crippen LogP contribution in [0.25, 0.3) is 0 Å². The number of methoxy groups -OCH3 is 1. The summed E-state index contributed by atoms with van der Waals surface area (Å²) in [7, 11) is 3.05. The SMILES string of the molecule is CCn1ncc(NC(=O)c2ccc(OC)c([N+](=O)[O-])c2)c1C(=O)Nc1cnn(C)c1C. The van der Waals surface area contributed by atoms with Gasteiger partial charge in [0.05, 0.1) is 41.5 Å². The quantitative estimate of drug-likeness (QED) is 0.435. The molecule has 3 rings (SSSR count). The molecule has 0 saturated heterocycles. The molecule has 3 aromatic rings. The van der Waals surface area contributed by atoms with Gasteiger partial charge in [0.15, 0.2) is 5.75 Å². The summed E-state index contributed by atoms with van der Waals surface area (Å²) in [4.78, 5) is 36.2. The number of amides is 2. The van der Waals surface area contributed by atoms with Crippen LogP contribution in [-0.4, -0.2) is 43.4 Å². The number of ether oxygens (including phenoxy) is 1. The third kappa shape index (κ3) is 4.22. The number of anilines is 2. The van der Waals surface area contributed by atoms with Crippen LogP contribution in [0.1, 0.15) is 33.5 Å². The number of carbonyl (C=O) groups excluding carboxylic acids is 2. The molecule has 0 radical (unpaired) electrons. The number of nitrogens with one attached hydrogen (secondary N) is 2. The molecule has 0 fully saturated rings. The summed E-state index contributed by atoms with van der Waals surface area (Å²) in [6.45, 7) is 4.00. The third-order valence-corrected chi connectivity index (χ3v) is 4.72. The molecule has 0 aliphatic carbocycles. The Labute approximate surface area is 177 Å². The van der Waals surface area contributed by atoms with E-state index in [-0.39, 0.29) is 28.4 Å². The van der Waals surface area contributed by atoms with Crippen LogP contribution in [0.15, 0.2) is 30.6 Å². The molecule has 31 heavy (non-hydrogen) atoms. The van der Waals surface area contributed by atoms with E-state index in [4.69, 9.17) is 4.74 Å². The number of aromatic nitrogens is 4. The van der Waals surface area contributed by atoms with Gasteiger partial charge in [-0.2, -0.15) is 10.2 Å². The molecule has 0 unspecified atom stereocenters. The van der Waals surface area contributed by atoms with Crippen molar-refractivity contribution in [2.45, 2.75) is 20.4 Å². The smallest absolute Gasteiger partial charge is 0.311 e. The zero-order valence-corrected chi connectivity index (χ0v) is 17.4. The number of rotatable bonds is 7. The van der Waals surface area contributed by atoms with Gasteiger partial charge in [0.25, 0.3) is 11.8 Å². The number of nitro benzene ring substituents is 1. The van der Waals surface area contributed by atoms with Crippen LogP contribution in [0.2, 0.25) is 0 Å². The summed E-state index contributed by atoms with van der Waals surface area (Å²) in [6, 6.07) is 3.84. The molecule has 162 valence electrons. The Balaban J connectivity index is 1.89. The van der Waals surface area contributed by atoms with Crippen LogP contribution in [0.5, 0.6) is 5.75 Å². The first-order valence-corrected chi connectivity index (χ1v) is 9.26. The van der Waals surface area contributed by atoms with Crippen LogP contribution in [0.3, 0.4) is 0 Å². The zero-order chi connectivity index (χ0) is 22.7. The predicted octanol–water partition coefficient (Wildman–Crippen LogP) is 2.37. The molecule has 2 N–H and O–H groups in total. The van der Waals surface area contributed by atoms with Gasteiger partial charge in [0, 0.05) is 25.2 Å². The lowest BCUT2D eigenvalue weighted by atomic mass is 10.1. The second-order valence-corrected chi connectivity index (χ2v) is 6.54. The van der Waals surface area contributed by atoms with Crippen LogP contribution < -0.4 is 15.4 Å². The Morgan fingerprint density at radius 2 is 1.84 bits per heavy atom. The highest BCUT2D eigenvalue weighted by Crippen LogP contribution is 2.28. The number of nitro groups is 1. The highest BCUT2D eigenvalue weighted by molar-refractivity contribution is 6.11. The van der Waals surface area contributed by atoms with Crippen molar-refractivity contribution in [3.05, 3.63) is 57.7 Å². The van der Waals surface area contributed by atoms with E-state index in [1.165, 1.54) is 36.3 Å². The number of hydrogen-bond acceptors (Lipinski definition) is 7. The summed E-state index contributed by atoms with van der Waals surface area (Å²) in [5.74, 6) is -1.08. The summed E-state index contributed by atoms with van der Waals surface area (Å²) in [6.07, 6.45) is 2.87. The number of carbonyl (C=O) groups is 2. The topological polar surface area (TPSA) is 146 Å². The third-order valence-electron chi connectivity index (χ3n) is 4.72. The number of aryl methyl sites for hydroxylation is 2. The largest absolute Gasteiger partial charge is 0.490 e. The van der Waals surface area contributed by atoms with Crippen molar-refractivity contribution in [1.82, 2.24) is 19.6 Å². The Hall–Kier alpha value is -4.22. The van der Waals surface area contributed by atoms with Gasteiger partial charge in [0.1, 0.15) is 5.69 Å². The monoisotopic (exact) mass is 427 g/mol. The Morgan fingerprint density at radius 1 is 1.16 bits per heavy atom. The molecule has 12 heteroatoms. The molecule has 0 aliphatic rings. The lowest BCUT2D eigenvalue weighted by Crippen LogP contribution is -2.21. The molecule has 0 atom stereocenters. The first-order chi connectivity index (χ1) is 14.8. The fourth-order valence-electron chi connectivity index (χ4n) is 2.93. The lowest BCUT2D eigenvalue weighted by Gasteiger charge is -2.10. The maximum absolute atomic E-state index is 12.9. The summed E-state index contributed by atoms with van der Waals surface area (Å²) < 4.78 is 8.00. The number of nitrogens with zero attached hydrogens (tertiary/aromatic N) is 5. The maximum atomic E-state index is 12.9. The van der Waals surface area contributed by atoms with E-state index < -0.39 is 16.7 Å². The molecule has 2 amide bonds. The van der Waals surface area contributed by atoms with E-state index >= 15 is 0 Å². The summed E-state index contributed by atoms with van der Waals surface area (Å²) >= 11 is 0. The second-order valence-electron chi connectivity index (χ2n) is 6.54. The van der Waals surface area contributed by atoms with Crippen LogP contribution >= 0.6 is 0 Å². The fraction of sp³-hybridized carbons (Fsp3) is 0.263. The predicted molar refractivity (Wildman–Crippen MR) is 111 cm³/mol. The number of hydrogen-bond donors (Lipinski definition) is 2. The normalized spacial score (nSPS) is 10.6. The van der Waals surface area contributed by atoms with Crippen molar-refractivity contribution in [2.75, 3.05) is 17.7 Å². The maximum Gasteiger partial charge on any atom is 0.311 e. The van der Waals surface area contributed by atoms with E-state index in [2.05, 4.69) is 20.8 Å². The standard InChI is InChI=1S/C19H21N7O5/c1-5-25-17(19(28)22-13-9-20-24(3)11(13)2)14(10-21-25)23-18(27)12-6-7-16(31-4)15(8-12)26(29)30/h6-10H,5H2,1-4H3,(H,22,28)(H,23,27). The van der Waals surface area contributed by atoms with Gasteiger partial charge in [0.2, 0.25) is 0 Å². The average Bonchev–Trinajstić information content (AvgIpc) is 3.30. The van der Waals surface area contributed by atoms with Crippen molar-refractivity contribution in [2.24, 2.45) is 7.05 Å². The van der Waals surface area contributed by atoms with E-state index in [9.17, 15) is 19.7 Å². The summed E-state index contributed by atoms with van der Waals surface area (Å²) in [5, 5.41) is 24.8. The molecular formula is C19H21N7O5. The van der Waals surface area contributed by atoms with E-state index in [0.29, 0.717) is 12.2 Å². The van der Waals surface area contributed by atoms with Crippen molar-refractivity contribution in [3.8, 4) is 5.75 Å². The molecule has 12 nitrogen and oxygen atoms in total. The first kappa shape index (κ1) is 21.5. The Kier molecular flexibility index (Phi) is 6.00. The van der Waals surface area contributed by atoms with E-state index in [1.807, 2.05) is 0 Å². The van der Waals surface area contributed by atoms with Gasteiger partial charge in [-0.15, -0.1) is 0 Å². The molecular weight excluding hydrogens is 406 g/mol. The minimum absolute atomic E-state index is 0.0335. The van der Waals surface area contributed by atoms with Crippen LogP contribution in [0.4, 0.5) is 17.1 Å². The van der Waals surface area contributed by atoms with Gasteiger partial charge in [-0.3, -0.25) is 29.1 Å². The minimum atomic E-state index is -0.639. The molecule has 2 aromatic heterocycles. The van der Waals surface area contributed by atoms with Gasteiger partial charge in [-0.25, -0.2) is 0 Å². The molecule has 0 spiro atoms. The van der Waals surface area contributed by atoms with Gasteiger partial charge in [-0.1, -0.05) is 0 Å². The van der Waals surface area contributed by atoms with Crippen molar-refractivity contribution >= 4 is 28.9 Å². The van der Waals surface area contributed by atoms with E-state index in [1.54, 1.807) is 25.6 Å². The van der Waals surface area contributed by atoms with Gasteiger partial charge >= 0.3 is 5.69 Å². The van der Waals surface area contributed by atoms with Crippen molar-refractivity contribution in [3.63, 3.8) is 0 Å². The van der Waals surface area contributed by atoms with Crippen molar-refractivity contribution in [1.29, 1.82) is 0 Å². The molecule has 2 heterocycles. The molecule has 0 saturated carbocycles. The minimum Gasteiger partial charge on any atom is -0.490 e. The molecule has 0 bridgehead atoms. The Morgan fingerprint density at radius 3 is 2.42 bits per heavy atom. The molecule has 0 aliphatic heterocycles. The first-order valence-electron chi connectivity index (χ1n) is 9.26. The average molecular weight is 427 g/mol. The lowest BCUT2D eigenvalue weighted by molar-refractivity contribution is -0.385. The zero-order valence-electron chi connectivity index (χ0n) is 17.4.